The number of nitrogens with one attached hydrogen (secondary N) is 1. The van der Waals surface area contributed by atoms with Gasteiger partial charge in [0.1, 0.15) is 5.70 Å². The van der Waals surface area contributed by atoms with Gasteiger partial charge >= 0.3 is 11.9 Å². The van der Waals surface area contributed by atoms with Crippen LogP contribution in [0.15, 0.2) is 72.4 Å². The van der Waals surface area contributed by atoms with E-state index in [0.29, 0.717) is 11.4 Å². The van der Waals surface area contributed by atoms with Gasteiger partial charge in [0.2, 0.25) is 0 Å². The molecule has 1 aliphatic rings. The highest BCUT2D eigenvalue weighted by Gasteiger charge is 2.37. The Morgan fingerprint density at radius 3 is 2.28 bits per heavy atom. The average molecular weight is 430 g/mol. The van der Waals surface area contributed by atoms with Crippen molar-refractivity contribution in [3.8, 4) is 0 Å². The predicted molar refractivity (Wildman–Crippen MR) is 117 cm³/mol. The number of fused-ring (bicyclic) bond motifs is 2. The van der Waals surface area contributed by atoms with Crippen molar-refractivity contribution >= 4 is 45.9 Å². The van der Waals surface area contributed by atoms with E-state index in [9.17, 15) is 19.2 Å². The van der Waals surface area contributed by atoms with Crippen LogP contribution in [0.2, 0.25) is 0 Å². The van der Waals surface area contributed by atoms with Crippen LogP contribution in [0.1, 0.15) is 20.7 Å². The van der Waals surface area contributed by atoms with Crippen LogP contribution in [0.5, 0.6) is 0 Å². The molecule has 3 aromatic rings. The van der Waals surface area contributed by atoms with Crippen molar-refractivity contribution in [1.29, 1.82) is 0 Å². The second-order valence-corrected chi connectivity index (χ2v) is 6.94. The molecule has 0 saturated carbocycles. The van der Waals surface area contributed by atoms with Gasteiger partial charge in [-0.2, -0.15) is 0 Å². The highest BCUT2D eigenvalue weighted by Crippen LogP contribution is 2.32. The SMILES string of the molecule is COC(=O)/C=C(/Nc1ccc2c(c1)C(=O)N(c1ccc3ccccc3c1)C2=O)C(=O)OC. The van der Waals surface area contributed by atoms with Crippen molar-refractivity contribution in [2.24, 2.45) is 0 Å². The lowest BCUT2D eigenvalue weighted by molar-refractivity contribution is -0.138. The molecule has 0 aliphatic carbocycles. The first kappa shape index (κ1) is 20.8. The van der Waals surface area contributed by atoms with Gasteiger partial charge in [-0.3, -0.25) is 9.59 Å². The van der Waals surface area contributed by atoms with Crippen LogP contribution in [0.25, 0.3) is 10.8 Å². The van der Waals surface area contributed by atoms with Gasteiger partial charge in [0.15, 0.2) is 0 Å². The number of hydrogen-bond donors (Lipinski definition) is 1. The molecule has 1 N–H and O–H groups in total. The van der Waals surface area contributed by atoms with E-state index in [0.717, 1.165) is 21.7 Å². The summed E-state index contributed by atoms with van der Waals surface area (Å²) in [7, 11) is 2.34. The number of carbonyl (C=O) groups excluding carboxylic acids is 4. The van der Waals surface area contributed by atoms with Gasteiger partial charge in [0.25, 0.3) is 11.8 Å². The van der Waals surface area contributed by atoms with Crippen LogP contribution in [0, 0.1) is 0 Å². The van der Waals surface area contributed by atoms with Crippen LogP contribution in [-0.2, 0) is 19.1 Å². The second kappa shape index (κ2) is 8.35. The molecule has 8 heteroatoms. The molecule has 2 amide bonds. The van der Waals surface area contributed by atoms with Crippen LogP contribution in [0.3, 0.4) is 0 Å². The molecule has 0 atom stereocenters. The molecule has 0 unspecified atom stereocenters. The number of anilines is 2. The summed E-state index contributed by atoms with van der Waals surface area (Å²) in [6.45, 7) is 0. The summed E-state index contributed by atoms with van der Waals surface area (Å²) in [5.41, 5.74) is 1.03. The third kappa shape index (κ3) is 3.69. The highest BCUT2D eigenvalue weighted by molar-refractivity contribution is 6.35. The Balaban J connectivity index is 1.67. The molecule has 1 aliphatic heterocycles. The number of imide groups is 1. The third-order valence-electron chi connectivity index (χ3n) is 5.03. The normalized spacial score (nSPS) is 13.2. The third-order valence-corrected chi connectivity index (χ3v) is 5.03. The molecule has 0 bridgehead atoms. The minimum Gasteiger partial charge on any atom is -0.466 e. The number of ether oxygens (including phenoxy) is 2. The van der Waals surface area contributed by atoms with E-state index in [1.807, 2.05) is 30.3 Å². The summed E-state index contributed by atoms with van der Waals surface area (Å²) >= 11 is 0. The topological polar surface area (TPSA) is 102 Å². The summed E-state index contributed by atoms with van der Waals surface area (Å²) in [6, 6.07) is 17.5. The van der Waals surface area contributed by atoms with Crippen molar-refractivity contribution < 1.29 is 28.7 Å². The Bertz CT molecular complexity index is 1310. The number of rotatable bonds is 5. The summed E-state index contributed by atoms with van der Waals surface area (Å²) in [6.07, 6.45) is 0.938. The summed E-state index contributed by atoms with van der Waals surface area (Å²) in [5.74, 6) is -2.48. The van der Waals surface area contributed by atoms with E-state index in [2.05, 4.69) is 14.8 Å². The Kier molecular flexibility index (Phi) is 5.43. The van der Waals surface area contributed by atoms with Crippen molar-refractivity contribution in [3.05, 3.63) is 83.6 Å². The fourth-order valence-corrected chi connectivity index (χ4v) is 3.46. The minimum absolute atomic E-state index is 0.176. The van der Waals surface area contributed by atoms with Gasteiger partial charge in [-0.1, -0.05) is 30.3 Å². The van der Waals surface area contributed by atoms with Gasteiger partial charge in [-0.25, -0.2) is 14.5 Å². The van der Waals surface area contributed by atoms with Crippen molar-refractivity contribution in [2.75, 3.05) is 24.4 Å². The average Bonchev–Trinajstić information content (AvgIpc) is 3.07. The fraction of sp³-hybridized carbons (Fsp3) is 0.0833. The first-order valence-electron chi connectivity index (χ1n) is 9.59. The lowest BCUT2D eigenvalue weighted by Crippen LogP contribution is -2.29. The summed E-state index contributed by atoms with van der Waals surface area (Å²) < 4.78 is 9.21. The second-order valence-electron chi connectivity index (χ2n) is 6.94. The Hall–Kier alpha value is -4.46. The first-order chi connectivity index (χ1) is 15.4. The maximum atomic E-state index is 13.1. The Morgan fingerprint density at radius 2 is 1.56 bits per heavy atom. The van der Waals surface area contributed by atoms with E-state index in [4.69, 9.17) is 0 Å². The summed E-state index contributed by atoms with van der Waals surface area (Å²) in [5, 5.41) is 4.64. The van der Waals surface area contributed by atoms with E-state index >= 15 is 0 Å². The Labute approximate surface area is 183 Å². The van der Waals surface area contributed by atoms with E-state index in [-0.39, 0.29) is 16.8 Å². The number of nitrogens with zero attached hydrogens (tertiary/aromatic N) is 1. The van der Waals surface area contributed by atoms with Crippen LogP contribution in [-0.4, -0.2) is 38.0 Å². The summed E-state index contributed by atoms with van der Waals surface area (Å²) in [4.78, 5) is 50.7. The molecule has 0 saturated heterocycles. The van der Waals surface area contributed by atoms with Gasteiger partial charge in [0, 0.05) is 5.69 Å². The van der Waals surface area contributed by atoms with Crippen LogP contribution < -0.4 is 10.2 Å². The molecule has 1 heterocycles. The number of esters is 2. The van der Waals surface area contributed by atoms with Crippen molar-refractivity contribution in [2.45, 2.75) is 0 Å². The quantitative estimate of drug-likeness (QED) is 0.376. The smallest absolute Gasteiger partial charge is 0.354 e. The van der Waals surface area contributed by atoms with Crippen molar-refractivity contribution in [1.82, 2.24) is 0 Å². The van der Waals surface area contributed by atoms with Crippen LogP contribution >= 0.6 is 0 Å². The number of carbonyl (C=O) groups is 4. The molecule has 32 heavy (non-hydrogen) atoms. The van der Waals surface area contributed by atoms with Crippen LogP contribution in [0.4, 0.5) is 11.4 Å². The standard InChI is InChI=1S/C24H18N2O6/c1-31-21(27)13-20(24(30)32-2)25-16-8-10-18-19(12-16)23(29)26(22(18)28)17-9-7-14-5-3-4-6-15(14)11-17/h3-13,25H,1-2H3/b20-13+. The molecular weight excluding hydrogens is 412 g/mol. The zero-order valence-corrected chi connectivity index (χ0v) is 17.2. The van der Waals surface area contributed by atoms with E-state index in [1.165, 1.54) is 32.4 Å². The molecule has 0 fully saturated rings. The molecule has 0 spiro atoms. The number of amides is 2. The molecule has 0 radical (unpaired) electrons. The molecule has 4 rings (SSSR count). The fourth-order valence-electron chi connectivity index (χ4n) is 3.46. The lowest BCUT2D eigenvalue weighted by Gasteiger charge is -2.14. The minimum atomic E-state index is -0.795. The number of methoxy groups -OCH3 is 2. The molecule has 3 aromatic carbocycles. The monoisotopic (exact) mass is 430 g/mol. The van der Waals surface area contributed by atoms with Gasteiger partial charge in [-0.15, -0.1) is 0 Å². The molecule has 8 nitrogen and oxygen atoms in total. The van der Waals surface area contributed by atoms with E-state index < -0.39 is 23.8 Å². The van der Waals surface area contributed by atoms with Gasteiger partial charge in [-0.05, 0) is 41.1 Å². The zero-order valence-electron chi connectivity index (χ0n) is 17.2. The zero-order chi connectivity index (χ0) is 22.8. The number of hydrogen-bond acceptors (Lipinski definition) is 7. The maximum absolute atomic E-state index is 13.1. The maximum Gasteiger partial charge on any atom is 0.354 e. The first-order valence-corrected chi connectivity index (χ1v) is 9.59. The molecule has 160 valence electrons. The van der Waals surface area contributed by atoms with Gasteiger partial charge in [0.05, 0.1) is 37.1 Å². The van der Waals surface area contributed by atoms with Crippen molar-refractivity contribution in [3.63, 3.8) is 0 Å². The molecule has 0 aromatic heterocycles. The highest BCUT2D eigenvalue weighted by atomic mass is 16.5. The molecular formula is C24H18N2O6. The largest absolute Gasteiger partial charge is 0.466 e. The lowest BCUT2D eigenvalue weighted by atomic mass is 10.1. The van der Waals surface area contributed by atoms with E-state index in [1.54, 1.807) is 12.1 Å². The van der Waals surface area contributed by atoms with Gasteiger partial charge < -0.3 is 14.8 Å². The predicted octanol–water partition coefficient (Wildman–Crippen LogP) is 3.28. The number of benzene rings is 3. The Morgan fingerprint density at radius 1 is 0.844 bits per heavy atom.